The van der Waals surface area contributed by atoms with Gasteiger partial charge in [-0.15, -0.1) is 0 Å². The van der Waals surface area contributed by atoms with E-state index in [1.807, 2.05) is 0 Å². The Morgan fingerprint density at radius 1 is 0.909 bits per heavy atom. The molecular weight excluding hydrogens is 586 g/mol. The predicted octanol–water partition coefficient (Wildman–Crippen LogP) is -6.27. The van der Waals surface area contributed by atoms with Crippen molar-refractivity contribution in [2.24, 2.45) is 23.1 Å². The van der Waals surface area contributed by atoms with Gasteiger partial charge in [0.05, 0.1) is 31.0 Å². The van der Waals surface area contributed by atoms with E-state index in [0.717, 1.165) is 0 Å². The molecule has 44 heavy (non-hydrogen) atoms. The molecule has 17 heteroatoms. The molecule has 3 rings (SSSR count). The van der Waals surface area contributed by atoms with Gasteiger partial charge in [-0.2, -0.15) is 0 Å². The number of aliphatic hydroxyl groups excluding tert-OH is 7. The lowest BCUT2D eigenvalue weighted by Crippen LogP contribution is -2.67. The highest BCUT2D eigenvalue weighted by Crippen LogP contribution is 2.37. The first-order valence-electron chi connectivity index (χ1n) is 15.4. The van der Waals surface area contributed by atoms with E-state index in [9.17, 15) is 40.9 Å². The van der Waals surface area contributed by atoms with Crippen molar-refractivity contribution in [2.45, 2.75) is 124 Å². The number of nitrogens with one attached hydrogen (secondary N) is 2. The maximum absolute atomic E-state index is 11.6. The summed E-state index contributed by atoms with van der Waals surface area (Å²) >= 11 is 0. The predicted molar refractivity (Wildman–Crippen MR) is 155 cm³/mol. The number of hydrogen-bond acceptors (Lipinski definition) is 17. The van der Waals surface area contributed by atoms with Crippen LogP contribution in [0.3, 0.4) is 0 Å². The molecule has 0 aromatic rings. The fraction of sp³-hybridized carbons (Fsp3) is 1.00. The normalized spacial score (nSPS) is 44.8. The zero-order valence-corrected chi connectivity index (χ0v) is 25.5. The van der Waals surface area contributed by atoms with Crippen LogP contribution in [0.25, 0.3) is 0 Å². The summed E-state index contributed by atoms with van der Waals surface area (Å²) in [7, 11) is 1.58. The molecule has 260 valence electrons. The summed E-state index contributed by atoms with van der Waals surface area (Å²) in [6.07, 6.45) is -13.9. The Morgan fingerprint density at radius 2 is 1.59 bits per heavy atom. The number of likely N-dealkylation sites (N-methyl/N-ethyl adjacent to an activating group) is 1. The largest absolute Gasteiger partial charge is 0.392 e. The minimum absolute atomic E-state index is 0.00366. The summed E-state index contributed by atoms with van der Waals surface area (Å²) in [5.41, 5.74) is 16.1. The minimum Gasteiger partial charge on any atom is -0.392 e. The van der Waals surface area contributed by atoms with E-state index in [4.69, 9.17) is 36.1 Å². The molecule has 0 amide bonds. The number of ether oxygens (including phenoxy) is 4. The lowest BCUT2D eigenvalue weighted by Gasteiger charge is -2.49. The van der Waals surface area contributed by atoms with E-state index in [1.54, 1.807) is 7.05 Å². The van der Waals surface area contributed by atoms with Crippen molar-refractivity contribution in [3.05, 3.63) is 0 Å². The van der Waals surface area contributed by atoms with Gasteiger partial charge in [0.25, 0.3) is 0 Å². The summed E-state index contributed by atoms with van der Waals surface area (Å²) < 4.78 is 23.6. The molecule has 1 aliphatic carbocycles. The van der Waals surface area contributed by atoms with Gasteiger partial charge in [0.2, 0.25) is 0 Å². The Balaban J connectivity index is 1.76. The Kier molecular flexibility index (Phi) is 14.5. The van der Waals surface area contributed by atoms with Crippen molar-refractivity contribution in [3.63, 3.8) is 0 Å². The average Bonchev–Trinajstić information content (AvgIpc) is 2.97. The third-order valence-electron chi connectivity index (χ3n) is 8.90. The Hall–Kier alpha value is -0.680. The molecule has 3 fully saturated rings. The van der Waals surface area contributed by atoms with E-state index >= 15 is 0 Å². The third-order valence-corrected chi connectivity index (χ3v) is 8.90. The summed E-state index contributed by atoms with van der Waals surface area (Å²) in [6.45, 7) is 1.82. The van der Waals surface area contributed by atoms with Crippen molar-refractivity contribution in [1.82, 2.24) is 10.6 Å². The minimum atomic E-state index is -1.69. The first-order valence-corrected chi connectivity index (χ1v) is 15.4. The van der Waals surface area contributed by atoms with E-state index in [-0.39, 0.29) is 45.6 Å². The van der Waals surface area contributed by atoms with Crippen molar-refractivity contribution in [1.29, 1.82) is 0 Å². The van der Waals surface area contributed by atoms with Crippen LogP contribution in [0.1, 0.15) is 32.6 Å². The van der Waals surface area contributed by atoms with Gasteiger partial charge in [-0.25, -0.2) is 0 Å². The van der Waals surface area contributed by atoms with Crippen LogP contribution in [-0.2, 0) is 18.9 Å². The van der Waals surface area contributed by atoms with Crippen molar-refractivity contribution < 1.29 is 59.8 Å². The van der Waals surface area contributed by atoms with Gasteiger partial charge in [0.1, 0.15) is 48.3 Å². The number of nitrogens with two attached hydrogens (primary N) is 3. The zero-order chi connectivity index (χ0) is 32.8. The summed E-state index contributed by atoms with van der Waals surface area (Å²) in [6, 6.07) is -1.62. The van der Waals surface area contributed by atoms with E-state index in [2.05, 4.69) is 10.6 Å². The SMILES string of the molecule is CN[C@@H]1[C@@H](O)[C@@H](O[C@H]2[C@H](CCC(O)CN)C[C@H](N)C(O[C@H]3O[C@H](CNCC(O)CCN)[C@@H](O)[C@H](O)[C@H]3O)[C@@H]2O)OC[C@]1(C)O. The average molecular weight is 642 g/mol. The highest BCUT2D eigenvalue weighted by molar-refractivity contribution is 5.01. The molecule has 2 saturated heterocycles. The van der Waals surface area contributed by atoms with Crippen LogP contribution >= 0.6 is 0 Å². The number of aliphatic hydroxyl groups is 8. The molecular formula is C27H55N5O12. The molecule has 3 aliphatic rings. The Morgan fingerprint density at radius 3 is 2.23 bits per heavy atom. The van der Waals surface area contributed by atoms with Crippen LogP contribution in [0, 0.1) is 5.92 Å². The van der Waals surface area contributed by atoms with Crippen LogP contribution in [0.4, 0.5) is 0 Å². The maximum atomic E-state index is 11.6. The standard InChI is InChI=1S/C27H55N5O12/c1-27(40)11-41-25(21(39)24(27)31-2)43-22-12(3-4-13(33)8-29)7-15(30)23(20(22)38)44-26-19(37)18(36)17(35)16(42-26)10-32-9-14(34)5-6-28/h12-26,31-40H,3-11,28-30H2,1-2H3/t12-,13?,14?,15+,16-,17-,18+,19-,20-,21-,22+,23?,24-,25-,26-,27+/m1/s1. The molecule has 16 atom stereocenters. The van der Waals surface area contributed by atoms with Gasteiger partial charge in [0.15, 0.2) is 12.6 Å². The van der Waals surface area contributed by atoms with E-state index < -0.39 is 97.2 Å². The van der Waals surface area contributed by atoms with Gasteiger partial charge in [-0.05, 0) is 52.1 Å². The quantitative estimate of drug-likeness (QED) is 0.0791. The zero-order valence-electron chi connectivity index (χ0n) is 25.5. The first kappa shape index (κ1) is 37.8. The highest BCUT2D eigenvalue weighted by Gasteiger charge is 2.52. The second-order valence-electron chi connectivity index (χ2n) is 12.5. The van der Waals surface area contributed by atoms with E-state index in [0.29, 0.717) is 12.8 Å². The molecule has 2 aliphatic heterocycles. The molecule has 3 unspecified atom stereocenters. The molecule has 0 bridgehead atoms. The summed E-state index contributed by atoms with van der Waals surface area (Å²) in [4.78, 5) is 0. The fourth-order valence-electron chi connectivity index (χ4n) is 6.28. The third kappa shape index (κ3) is 9.23. The van der Waals surface area contributed by atoms with Crippen molar-refractivity contribution in [2.75, 3.05) is 39.8 Å². The number of hydrogen-bond donors (Lipinski definition) is 13. The molecule has 17 nitrogen and oxygen atoms in total. The lowest BCUT2D eigenvalue weighted by molar-refractivity contribution is -0.333. The van der Waals surface area contributed by atoms with Gasteiger partial charge >= 0.3 is 0 Å². The molecule has 1 saturated carbocycles. The molecule has 16 N–H and O–H groups in total. The smallest absolute Gasteiger partial charge is 0.187 e. The first-order chi connectivity index (χ1) is 20.7. The van der Waals surface area contributed by atoms with Crippen LogP contribution in [-0.4, -0.2) is 172 Å². The van der Waals surface area contributed by atoms with Gasteiger partial charge in [-0.1, -0.05) is 0 Å². The topological polar surface area (TPSA) is 301 Å². The lowest BCUT2D eigenvalue weighted by atomic mass is 9.76. The second-order valence-corrected chi connectivity index (χ2v) is 12.5. The van der Waals surface area contributed by atoms with Crippen LogP contribution in [0.2, 0.25) is 0 Å². The van der Waals surface area contributed by atoms with Crippen molar-refractivity contribution in [3.8, 4) is 0 Å². The molecule has 0 spiro atoms. The fourth-order valence-corrected chi connectivity index (χ4v) is 6.28. The highest BCUT2D eigenvalue weighted by atomic mass is 16.7. The van der Waals surface area contributed by atoms with E-state index in [1.165, 1.54) is 6.92 Å². The molecule has 2 heterocycles. The second kappa shape index (κ2) is 16.9. The van der Waals surface area contributed by atoms with Crippen LogP contribution in [0.5, 0.6) is 0 Å². The maximum Gasteiger partial charge on any atom is 0.187 e. The Labute approximate surface area is 257 Å². The summed E-state index contributed by atoms with van der Waals surface area (Å²) in [5, 5.41) is 90.7. The van der Waals surface area contributed by atoms with Gasteiger partial charge in [-0.3, -0.25) is 0 Å². The molecule has 0 aromatic carbocycles. The van der Waals surface area contributed by atoms with Crippen molar-refractivity contribution >= 4 is 0 Å². The monoisotopic (exact) mass is 641 g/mol. The van der Waals surface area contributed by atoms with Gasteiger partial charge < -0.3 is 87.6 Å². The molecule has 0 radical (unpaired) electrons. The number of rotatable bonds is 15. The summed E-state index contributed by atoms with van der Waals surface area (Å²) in [5.74, 6) is -0.436. The molecule has 0 aromatic heterocycles. The Bertz CT molecular complexity index is 851. The van der Waals surface area contributed by atoms with Gasteiger partial charge in [0, 0.05) is 25.7 Å². The van der Waals surface area contributed by atoms with Crippen LogP contribution in [0.15, 0.2) is 0 Å². The van der Waals surface area contributed by atoms with Crippen LogP contribution < -0.4 is 27.8 Å².